The van der Waals surface area contributed by atoms with Crippen molar-refractivity contribution in [2.24, 2.45) is 5.73 Å². The van der Waals surface area contributed by atoms with Gasteiger partial charge in [0.2, 0.25) is 0 Å². The molecule has 0 aliphatic carbocycles. The predicted octanol–water partition coefficient (Wildman–Crippen LogP) is 2.84. The third kappa shape index (κ3) is 3.16. The van der Waals surface area contributed by atoms with Crippen LogP contribution in [0.25, 0.3) is 0 Å². The van der Waals surface area contributed by atoms with Crippen LogP contribution in [0.2, 0.25) is 0 Å². The van der Waals surface area contributed by atoms with Gasteiger partial charge in [-0.2, -0.15) is 0 Å². The third-order valence-electron chi connectivity index (χ3n) is 3.63. The Balaban J connectivity index is 1.58. The number of rotatable bonds is 5. The molecule has 21 heavy (non-hydrogen) atoms. The number of nitrogens with two attached hydrogens (primary N) is 1. The molecule has 0 unspecified atom stereocenters. The Morgan fingerprint density at radius 3 is 2.81 bits per heavy atom. The van der Waals surface area contributed by atoms with Gasteiger partial charge < -0.3 is 15.2 Å². The number of hydrogen-bond donors (Lipinski definition) is 1. The molecule has 0 saturated heterocycles. The summed E-state index contributed by atoms with van der Waals surface area (Å²) in [5, 5.41) is 0. The van der Waals surface area contributed by atoms with E-state index in [1.54, 1.807) is 12.1 Å². The van der Waals surface area contributed by atoms with E-state index < -0.39 is 0 Å². The number of ether oxygens (including phenoxy) is 2. The van der Waals surface area contributed by atoms with Crippen molar-refractivity contribution < 1.29 is 13.9 Å². The van der Waals surface area contributed by atoms with E-state index in [-0.39, 0.29) is 11.6 Å². The van der Waals surface area contributed by atoms with Crippen molar-refractivity contribution >= 4 is 0 Å². The molecular formula is C17H18FNO2. The molecule has 0 radical (unpaired) electrons. The molecule has 1 aliphatic heterocycles. The van der Waals surface area contributed by atoms with Crippen LogP contribution in [0.1, 0.15) is 16.7 Å². The quantitative estimate of drug-likeness (QED) is 0.919. The predicted molar refractivity (Wildman–Crippen MR) is 79.1 cm³/mol. The van der Waals surface area contributed by atoms with Gasteiger partial charge in [-0.05, 0) is 34.9 Å². The first-order chi connectivity index (χ1) is 10.3. The number of fused-ring (bicyclic) bond motifs is 1. The minimum absolute atomic E-state index is 0.275. The zero-order valence-electron chi connectivity index (χ0n) is 11.8. The summed E-state index contributed by atoms with van der Waals surface area (Å²) in [6.45, 7) is 1.53. The van der Waals surface area contributed by atoms with Gasteiger partial charge in [-0.1, -0.05) is 18.2 Å². The van der Waals surface area contributed by atoms with Crippen molar-refractivity contribution in [3.63, 3.8) is 0 Å². The van der Waals surface area contributed by atoms with E-state index in [4.69, 9.17) is 15.2 Å². The highest BCUT2D eigenvalue weighted by Crippen LogP contribution is 2.26. The minimum atomic E-state index is -0.361. The average molecular weight is 287 g/mol. The molecule has 0 amide bonds. The molecule has 0 spiro atoms. The summed E-state index contributed by atoms with van der Waals surface area (Å²) >= 11 is 0. The number of hydrogen-bond acceptors (Lipinski definition) is 3. The Morgan fingerprint density at radius 2 is 2.00 bits per heavy atom. The second-order valence-corrected chi connectivity index (χ2v) is 5.11. The van der Waals surface area contributed by atoms with Crippen LogP contribution in [-0.4, -0.2) is 13.2 Å². The van der Waals surface area contributed by atoms with E-state index in [0.29, 0.717) is 13.2 Å². The standard InChI is InChI=1S/C17H18FNO2/c18-15-10-13(11-19)2-4-17(15)21-7-5-12-1-3-16-14(9-12)6-8-20-16/h1-4,9-10H,5-8,11,19H2. The SMILES string of the molecule is NCc1ccc(OCCc2ccc3c(c2)CCO3)c(F)c1. The fourth-order valence-electron chi connectivity index (χ4n) is 2.46. The molecule has 1 aliphatic rings. The van der Waals surface area contributed by atoms with Crippen molar-refractivity contribution in [1.82, 2.24) is 0 Å². The molecular weight excluding hydrogens is 269 g/mol. The summed E-state index contributed by atoms with van der Waals surface area (Å²) in [4.78, 5) is 0. The van der Waals surface area contributed by atoms with Gasteiger partial charge in [0.05, 0.1) is 13.2 Å². The lowest BCUT2D eigenvalue weighted by Gasteiger charge is -2.09. The lowest BCUT2D eigenvalue weighted by molar-refractivity contribution is 0.305. The first-order valence-corrected chi connectivity index (χ1v) is 7.12. The normalized spacial score (nSPS) is 12.9. The molecule has 3 nitrogen and oxygen atoms in total. The lowest BCUT2D eigenvalue weighted by Crippen LogP contribution is -2.04. The zero-order chi connectivity index (χ0) is 14.7. The second kappa shape index (κ2) is 6.14. The Bertz CT molecular complexity index is 643. The third-order valence-corrected chi connectivity index (χ3v) is 3.63. The van der Waals surface area contributed by atoms with Crippen LogP contribution in [0.4, 0.5) is 4.39 Å². The maximum atomic E-state index is 13.7. The van der Waals surface area contributed by atoms with Gasteiger partial charge in [-0.3, -0.25) is 0 Å². The lowest BCUT2D eigenvalue weighted by atomic mass is 10.1. The average Bonchev–Trinajstić information content (AvgIpc) is 2.96. The zero-order valence-corrected chi connectivity index (χ0v) is 11.8. The minimum Gasteiger partial charge on any atom is -0.493 e. The maximum absolute atomic E-state index is 13.7. The van der Waals surface area contributed by atoms with Crippen LogP contribution >= 0.6 is 0 Å². The van der Waals surface area contributed by atoms with Gasteiger partial charge in [0.1, 0.15) is 5.75 Å². The molecule has 110 valence electrons. The largest absolute Gasteiger partial charge is 0.493 e. The molecule has 0 atom stereocenters. The summed E-state index contributed by atoms with van der Waals surface area (Å²) in [6, 6.07) is 11.0. The first kappa shape index (κ1) is 13.9. The van der Waals surface area contributed by atoms with Crippen molar-refractivity contribution in [2.75, 3.05) is 13.2 Å². The molecule has 0 saturated carbocycles. The van der Waals surface area contributed by atoms with Gasteiger partial charge in [0.25, 0.3) is 0 Å². The maximum Gasteiger partial charge on any atom is 0.165 e. The highest BCUT2D eigenvalue weighted by molar-refractivity contribution is 5.40. The molecule has 0 aromatic heterocycles. The Labute approximate surface area is 123 Å². The highest BCUT2D eigenvalue weighted by atomic mass is 19.1. The van der Waals surface area contributed by atoms with E-state index in [2.05, 4.69) is 6.07 Å². The van der Waals surface area contributed by atoms with Crippen molar-refractivity contribution in [2.45, 2.75) is 19.4 Å². The highest BCUT2D eigenvalue weighted by Gasteiger charge is 2.12. The summed E-state index contributed by atoms with van der Waals surface area (Å²) < 4.78 is 24.7. The fourth-order valence-corrected chi connectivity index (χ4v) is 2.46. The van der Waals surface area contributed by atoms with Crippen LogP contribution < -0.4 is 15.2 Å². The second-order valence-electron chi connectivity index (χ2n) is 5.11. The summed E-state index contributed by atoms with van der Waals surface area (Å²) in [5.74, 6) is 0.889. The number of benzene rings is 2. The van der Waals surface area contributed by atoms with Gasteiger partial charge >= 0.3 is 0 Å². The van der Waals surface area contributed by atoms with Gasteiger partial charge in [0, 0.05) is 19.4 Å². The van der Waals surface area contributed by atoms with E-state index in [1.807, 2.05) is 12.1 Å². The van der Waals surface area contributed by atoms with E-state index in [1.165, 1.54) is 17.2 Å². The Morgan fingerprint density at radius 1 is 1.14 bits per heavy atom. The smallest absolute Gasteiger partial charge is 0.165 e. The van der Waals surface area contributed by atoms with Crippen LogP contribution in [-0.2, 0) is 19.4 Å². The molecule has 0 bridgehead atoms. The number of halogens is 1. The Hall–Kier alpha value is -2.07. The Kier molecular flexibility index (Phi) is 4.06. The van der Waals surface area contributed by atoms with Gasteiger partial charge in [-0.25, -0.2) is 4.39 Å². The van der Waals surface area contributed by atoms with Crippen molar-refractivity contribution in [3.8, 4) is 11.5 Å². The topological polar surface area (TPSA) is 44.5 Å². The van der Waals surface area contributed by atoms with Gasteiger partial charge in [-0.15, -0.1) is 0 Å². The van der Waals surface area contributed by atoms with Crippen LogP contribution in [0.15, 0.2) is 36.4 Å². The molecule has 2 aromatic carbocycles. The van der Waals surface area contributed by atoms with Crippen molar-refractivity contribution in [1.29, 1.82) is 0 Å². The van der Waals surface area contributed by atoms with Gasteiger partial charge in [0.15, 0.2) is 11.6 Å². The summed E-state index contributed by atoms with van der Waals surface area (Å²) in [5.41, 5.74) is 8.65. The fraction of sp³-hybridized carbons (Fsp3) is 0.294. The van der Waals surface area contributed by atoms with E-state index >= 15 is 0 Å². The molecule has 0 fully saturated rings. The van der Waals surface area contributed by atoms with Crippen molar-refractivity contribution in [3.05, 3.63) is 58.9 Å². The molecule has 4 heteroatoms. The van der Waals surface area contributed by atoms with Crippen LogP contribution in [0.5, 0.6) is 11.5 Å². The monoisotopic (exact) mass is 287 g/mol. The molecule has 2 aromatic rings. The van der Waals surface area contributed by atoms with Crippen LogP contribution in [0.3, 0.4) is 0 Å². The molecule has 1 heterocycles. The van der Waals surface area contributed by atoms with E-state index in [9.17, 15) is 4.39 Å². The molecule has 3 rings (SSSR count). The van der Waals surface area contributed by atoms with Crippen LogP contribution in [0, 0.1) is 5.82 Å². The van der Waals surface area contributed by atoms with E-state index in [0.717, 1.165) is 30.8 Å². The first-order valence-electron chi connectivity index (χ1n) is 7.12. The summed E-state index contributed by atoms with van der Waals surface area (Å²) in [7, 11) is 0. The molecule has 2 N–H and O–H groups in total. The summed E-state index contributed by atoms with van der Waals surface area (Å²) in [6.07, 6.45) is 1.70.